The van der Waals surface area contributed by atoms with Crippen LogP contribution in [0.15, 0.2) is 18.5 Å². The summed E-state index contributed by atoms with van der Waals surface area (Å²) < 4.78 is 2.80. The number of nitrogens with one attached hydrogen (secondary N) is 2. The molecule has 1 aliphatic carbocycles. The zero-order chi connectivity index (χ0) is 19.4. The summed E-state index contributed by atoms with van der Waals surface area (Å²) in [5.41, 5.74) is 0.352. The predicted octanol–water partition coefficient (Wildman–Crippen LogP) is 1.11. The lowest BCUT2D eigenvalue weighted by Gasteiger charge is -2.11. The summed E-state index contributed by atoms with van der Waals surface area (Å²) in [6.07, 6.45) is 7.11. The van der Waals surface area contributed by atoms with Crippen molar-refractivity contribution in [1.29, 1.82) is 0 Å². The first-order valence-electron chi connectivity index (χ1n) is 8.91. The molecule has 1 saturated carbocycles. The average molecular weight is 374 g/mol. The predicted molar refractivity (Wildman–Crippen MR) is 95.4 cm³/mol. The molecule has 0 bridgehead atoms. The Morgan fingerprint density at radius 2 is 1.96 bits per heavy atom. The maximum Gasteiger partial charge on any atom is 0.356 e. The standard InChI is InChI=1S/C17H22N6O4/c1-2-22-9-13(15(21-22)16(25)18-11-5-3-4-6-11)19-14(24)10-23-8-7-12(20-23)17(26)27/h7-9,11H,2-6,10H2,1H3,(H,18,25)(H,19,24)(H,26,27). The third-order valence-corrected chi connectivity index (χ3v) is 4.43. The normalized spacial score (nSPS) is 14.3. The van der Waals surface area contributed by atoms with Crippen LogP contribution in [0, 0.1) is 0 Å². The molecule has 27 heavy (non-hydrogen) atoms. The Morgan fingerprint density at radius 3 is 2.59 bits per heavy atom. The zero-order valence-electron chi connectivity index (χ0n) is 15.0. The lowest BCUT2D eigenvalue weighted by Crippen LogP contribution is -2.33. The first-order chi connectivity index (χ1) is 13.0. The van der Waals surface area contributed by atoms with Crippen LogP contribution in [0.3, 0.4) is 0 Å². The largest absolute Gasteiger partial charge is 0.476 e. The van der Waals surface area contributed by atoms with Crippen LogP contribution in [-0.2, 0) is 17.9 Å². The number of rotatable bonds is 7. The Kier molecular flexibility index (Phi) is 5.53. The van der Waals surface area contributed by atoms with Crippen LogP contribution in [0.5, 0.6) is 0 Å². The van der Waals surface area contributed by atoms with E-state index < -0.39 is 11.9 Å². The van der Waals surface area contributed by atoms with Gasteiger partial charge in [-0.3, -0.25) is 19.0 Å². The smallest absolute Gasteiger partial charge is 0.356 e. The summed E-state index contributed by atoms with van der Waals surface area (Å²) in [5.74, 6) is -1.90. The first kappa shape index (κ1) is 18.6. The van der Waals surface area contributed by atoms with Crippen LogP contribution in [-0.4, -0.2) is 48.5 Å². The van der Waals surface area contributed by atoms with Crippen LogP contribution < -0.4 is 10.6 Å². The summed E-state index contributed by atoms with van der Waals surface area (Å²) in [6, 6.07) is 1.46. The monoisotopic (exact) mass is 374 g/mol. The van der Waals surface area contributed by atoms with Crippen LogP contribution in [0.4, 0.5) is 5.69 Å². The van der Waals surface area contributed by atoms with E-state index in [4.69, 9.17) is 5.11 Å². The number of aromatic carboxylic acids is 1. The van der Waals surface area contributed by atoms with E-state index >= 15 is 0 Å². The molecule has 0 spiro atoms. The van der Waals surface area contributed by atoms with E-state index in [0.29, 0.717) is 12.2 Å². The van der Waals surface area contributed by atoms with Crippen molar-refractivity contribution in [1.82, 2.24) is 24.9 Å². The van der Waals surface area contributed by atoms with Gasteiger partial charge in [0.2, 0.25) is 5.91 Å². The van der Waals surface area contributed by atoms with Gasteiger partial charge in [-0.1, -0.05) is 12.8 Å². The van der Waals surface area contributed by atoms with Crippen molar-refractivity contribution < 1.29 is 19.5 Å². The van der Waals surface area contributed by atoms with E-state index in [1.807, 2.05) is 6.92 Å². The Balaban J connectivity index is 1.68. The van der Waals surface area contributed by atoms with Gasteiger partial charge in [0.05, 0.1) is 5.69 Å². The summed E-state index contributed by atoms with van der Waals surface area (Å²) in [6.45, 7) is 2.27. The summed E-state index contributed by atoms with van der Waals surface area (Å²) in [4.78, 5) is 35.7. The van der Waals surface area contributed by atoms with Gasteiger partial charge in [0.1, 0.15) is 6.54 Å². The Hall–Kier alpha value is -3.17. The van der Waals surface area contributed by atoms with Gasteiger partial charge >= 0.3 is 5.97 Å². The minimum absolute atomic E-state index is 0.141. The van der Waals surface area contributed by atoms with Crippen molar-refractivity contribution in [3.05, 3.63) is 29.8 Å². The molecule has 2 heterocycles. The number of aryl methyl sites for hydroxylation is 1. The lowest BCUT2D eigenvalue weighted by molar-refractivity contribution is -0.116. The van der Waals surface area contributed by atoms with Gasteiger partial charge in [0, 0.05) is 25.0 Å². The van der Waals surface area contributed by atoms with E-state index in [0.717, 1.165) is 25.7 Å². The van der Waals surface area contributed by atoms with Gasteiger partial charge < -0.3 is 15.7 Å². The van der Waals surface area contributed by atoms with Gasteiger partial charge in [-0.2, -0.15) is 10.2 Å². The van der Waals surface area contributed by atoms with E-state index in [2.05, 4.69) is 20.8 Å². The molecular formula is C17H22N6O4. The maximum atomic E-state index is 12.5. The first-order valence-corrected chi connectivity index (χ1v) is 8.91. The number of hydrogen-bond acceptors (Lipinski definition) is 5. The minimum Gasteiger partial charge on any atom is -0.476 e. The highest BCUT2D eigenvalue weighted by molar-refractivity contribution is 6.02. The Labute approximate surface area is 155 Å². The molecular weight excluding hydrogens is 352 g/mol. The fourth-order valence-electron chi connectivity index (χ4n) is 3.07. The number of aromatic nitrogens is 4. The van der Waals surface area contributed by atoms with E-state index in [1.54, 1.807) is 10.9 Å². The molecule has 3 N–H and O–H groups in total. The van der Waals surface area contributed by atoms with Crippen molar-refractivity contribution in [3.63, 3.8) is 0 Å². The van der Waals surface area contributed by atoms with Gasteiger partial charge in [0.15, 0.2) is 11.4 Å². The summed E-state index contributed by atoms with van der Waals surface area (Å²) in [5, 5.41) is 22.6. The van der Waals surface area contributed by atoms with Crippen molar-refractivity contribution in [2.45, 2.75) is 51.7 Å². The molecule has 0 atom stereocenters. The number of hydrogen-bond donors (Lipinski definition) is 3. The van der Waals surface area contributed by atoms with Crippen LogP contribution in [0.1, 0.15) is 53.6 Å². The third-order valence-electron chi connectivity index (χ3n) is 4.43. The molecule has 1 aliphatic rings. The van der Waals surface area contributed by atoms with Crippen LogP contribution in [0.25, 0.3) is 0 Å². The van der Waals surface area contributed by atoms with Gasteiger partial charge in [-0.15, -0.1) is 0 Å². The van der Waals surface area contributed by atoms with Crippen LogP contribution in [0.2, 0.25) is 0 Å². The van der Waals surface area contributed by atoms with E-state index in [9.17, 15) is 14.4 Å². The topological polar surface area (TPSA) is 131 Å². The SMILES string of the molecule is CCn1cc(NC(=O)Cn2ccc(C(=O)O)n2)c(C(=O)NC2CCCC2)n1. The van der Waals surface area contributed by atoms with Crippen molar-refractivity contribution in [3.8, 4) is 0 Å². The highest BCUT2D eigenvalue weighted by atomic mass is 16.4. The second-order valence-electron chi connectivity index (χ2n) is 6.45. The van der Waals surface area contributed by atoms with E-state index in [-0.39, 0.29) is 29.9 Å². The van der Waals surface area contributed by atoms with Crippen molar-refractivity contribution >= 4 is 23.5 Å². The molecule has 2 aromatic heterocycles. The Bertz CT molecular complexity index is 849. The molecule has 0 unspecified atom stereocenters. The number of nitrogens with zero attached hydrogens (tertiary/aromatic N) is 4. The number of amides is 2. The third kappa shape index (κ3) is 4.52. The number of carboxylic acids is 1. The number of anilines is 1. The number of carbonyl (C=O) groups excluding carboxylic acids is 2. The second-order valence-corrected chi connectivity index (χ2v) is 6.45. The molecule has 0 saturated heterocycles. The molecule has 0 aliphatic heterocycles. The van der Waals surface area contributed by atoms with Crippen LogP contribution >= 0.6 is 0 Å². The molecule has 3 rings (SSSR count). The summed E-state index contributed by atoms with van der Waals surface area (Å²) in [7, 11) is 0. The lowest BCUT2D eigenvalue weighted by atomic mass is 10.2. The summed E-state index contributed by atoms with van der Waals surface area (Å²) >= 11 is 0. The molecule has 0 radical (unpaired) electrons. The number of carbonyl (C=O) groups is 3. The van der Waals surface area contributed by atoms with Crippen molar-refractivity contribution in [2.75, 3.05) is 5.32 Å². The fraction of sp³-hybridized carbons (Fsp3) is 0.471. The molecule has 2 amide bonds. The fourth-order valence-corrected chi connectivity index (χ4v) is 3.07. The molecule has 2 aromatic rings. The molecule has 0 aromatic carbocycles. The second kappa shape index (κ2) is 8.02. The molecule has 10 heteroatoms. The maximum absolute atomic E-state index is 12.5. The molecule has 1 fully saturated rings. The van der Waals surface area contributed by atoms with Crippen molar-refractivity contribution in [2.24, 2.45) is 0 Å². The Morgan fingerprint density at radius 1 is 1.22 bits per heavy atom. The molecule has 10 nitrogen and oxygen atoms in total. The minimum atomic E-state index is -1.16. The average Bonchev–Trinajstić information content (AvgIpc) is 3.35. The zero-order valence-corrected chi connectivity index (χ0v) is 15.0. The van der Waals surface area contributed by atoms with Gasteiger partial charge in [0.25, 0.3) is 5.91 Å². The highest BCUT2D eigenvalue weighted by Crippen LogP contribution is 2.20. The molecule has 144 valence electrons. The van der Waals surface area contributed by atoms with E-state index in [1.165, 1.54) is 16.9 Å². The highest BCUT2D eigenvalue weighted by Gasteiger charge is 2.23. The number of carboxylic acid groups (broad SMARTS) is 1. The van der Waals surface area contributed by atoms with Gasteiger partial charge in [-0.25, -0.2) is 4.79 Å². The quantitative estimate of drug-likeness (QED) is 0.665. The van der Waals surface area contributed by atoms with Gasteiger partial charge in [-0.05, 0) is 25.8 Å².